The van der Waals surface area contributed by atoms with Gasteiger partial charge in [0.2, 0.25) is 5.91 Å². The topological polar surface area (TPSA) is 95.9 Å². The number of amides is 1. The van der Waals surface area contributed by atoms with Crippen molar-refractivity contribution in [1.29, 1.82) is 0 Å². The van der Waals surface area contributed by atoms with Gasteiger partial charge >= 0.3 is 5.97 Å². The second-order valence-electron chi connectivity index (χ2n) is 20.3. The summed E-state index contributed by atoms with van der Waals surface area (Å²) in [6.45, 7) is 4.90. The highest BCUT2D eigenvalue weighted by atomic mass is 16.5. The molecule has 0 aromatic heterocycles. The number of hydrogen-bond acceptors (Lipinski definition) is 5. The Morgan fingerprint density at radius 1 is 0.412 bits per heavy atom. The average Bonchev–Trinajstić information content (AvgIpc) is 3.34. The van der Waals surface area contributed by atoms with E-state index in [1.807, 2.05) is 0 Å². The molecule has 0 aliphatic heterocycles. The van der Waals surface area contributed by atoms with E-state index >= 15 is 0 Å². The number of ether oxygens (including phenoxy) is 1. The minimum atomic E-state index is -0.669. The number of carbonyl (C=O) groups is 2. The third-order valence-corrected chi connectivity index (χ3v) is 13.6. The van der Waals surface area contributed by atoms with E-state index in [2.05, 4.69) is 67.8 Å². The lowest BCUT2D eigenvalue weighted by atomic mass is 10.0. The lowest BCUT2D eigenvalue weighted by Crippen LogP contribution is -2.45. The molecule has 0 saturated carbocycles. The predicted molar refractivity (Wildman–Crippen MR) is 296 cm³/mol. The smallest absolute Gasteiger partial charge is 0.305 e. The van der Waals surface area contributed by atoms with Crippen molar-refractivity contribution < 1.29 is 24.5 Å². The van der Waals surface area contributed by atoms with Gasteiger partial charge in [-0.1, -0.05) is 255 Å². The Morgan fingerprint density at radius 3 is 1.15 bits per heavy atom. The Labute approximate surface area is 423 Å². The molecule has 0 rings (SSSR count). The molecule has 1 amide bonds. The number of nitrogens with one attached hydrogen (secondary N) is 1. The summed E-state index contributed by atoms with van der Waals surface area (Å²) in [5, 5.41) is 23.1. The van der Waals surface area contributed by atoms with Crippen molar-refractivity contribution in [2.75, 3.05) is 13.2 Å². The second-order valence-corrected chi connectivity index (χ2v) is 20.3. The molecule has 6 heteroatoms. The summed E-state index contributed by atoms with van der Waals surface area (Å²) < 4.78 is 5.49. The number of rotatable bonds is 55. The van der Waals surface area contributed by atoms with Gasteiger partial charge < -0.3 is 20.3 Å². The molecule has 0 aliphatic carbocycles. The molecule has 2 unspecified atom stereocenters. The highest BCUT2D eigenvalue weighted by Crippen LogP contribution is 2.16. The predicted octanol–water partition coefficient (Wildman–Crippen LogP) is 18.6. The first-order valence-electron chi connectivity index (χ1n) is 29.9. The molecule has 0 aliphatic rings. The first-order chi connectivity index (χ1) is 33.5. The van der Waals surface area contributed by atoms with Crippen molar-refractivity contribution in [3.63, 3.8) is 0 Å². The van der Waals surface area contributed by atoms with Crippen molar-refractivity contribution in [3.8, 4) is 0 Å². The van der Waals surface area contributed by atoms with Gasteiger partial charge in [0.05, 0.1) is 25.4 Å². The maximum atomic E-state index is 12.4. The molecule has 68 heavy (non-hydrogen) atoms. The molecule has 0 aromatic rings. The molecule has 0 saturated heterocycles. The van der Waals surface area contributed by atoms with E-state index in [-0.39, 0.29) is 18.5 Å². The van der Waals surface area contributed by atoms with E-state index in [4.69, 9.17) is 4.74 Å². The van der Waals surface area contributed by atoms with Crippen molar-refractivity contribution in [3.05, 3.63) is 48.6 Å². The van der Waals surface area contributed by atoms with Gasteiger partial charge in [-0.25, -0.2) is 0 Å². The van der Waals surface area contributed by atoms with E-state index < -0.39 is 12.1 Å². The number of hydrogen-bond donors (Lipinski definition) is 3. The zero-order valence-corrected chi connectivity index (χ0v) is 45.3. The zero-order valence-electron chi connectivity index (χ0n) is 45.3. The maximum Gasteiger partial charge on any atom is 0.305 e. The van der Waals surface area contributed by atoms with Crippen LogP contribution in [0.1, 0.15) is 309 Å². The molecule has 3 N–H and O–H groups in total. The standard InChI is InChI=1S/C62H115NO5/c1-3-5-7-9-11-13-14-15-16-17-23-27-30-33-36-40-44-48-52-56-62(67)68-57-53-49-45-41-37-34-31-28-25-22-20-18-19-21-24-26-29-32-35-39-43-47-51-55-61(66)63-59(58-64)60(65)54-50-46-42-38-12-10-8-6-4-2/h11,13,15-16,18,20-21,24,59-60,64-65H,3-10,12,14,17,19,22-23,25-58H2,1-2H3,(H,63,66)/b13-11-,16-15-,20-18-,24-21-. The number of esters is 1. The van der Waals surface area contributed by atoms with Crippen LogP contribution in [0.15, 0.2) is 48.6 Å². The Kier molecular flexibility index (Phi) is 55.6. The van der Waals surface area contributed by atoms with Gasteiger partial charge in [0.25, 0.3) is 0 Å². The van der Waals surface area contributed by atoms with Crippen LogP contribution in [0, 0.1) is 0 Å². The minimum Gasteiger partial charge on any atom is -0.466 e. The van der Waals surface area contributed by atoms with E-state index in [0.29, 0.717) is 25.9 Å². The first kappa shape index (κ1) is 65.8. The number of unbranched alkanes of at least 4 members (excludes halogenated alkanes) is 36. The summed E-state index contributed by atoms with van der Waals surface area (Å²) >= 11 is 0. The van der Waals surface area contributed by atoms with Gasteiger partial charge in [-0.2, -0.15) is 0 Å². The van der Waals surface area contributed by atoms with Crippen LogP contribution in [0.5, 0.6) is 0 Å². The van der Waals surface area contributed by atoms with Crippen LogP contribution in [0.2, 0.25) is 0 Å². The Bertz CT molecular complexity index is 1150. The lowest BCUT2D eigenvalue weighted by molar-refractivity contribution is -0.143. The molecule has 0 aromatic carbocycles. The van der Waals surface area contributed by atoms with Crippen molar-refractivity contribution in [1.82, 2.24) is 5.32 Å². The van der Waals surface area contributed by atoms with Crippen LogP contribution in [0.3, 0.4) is 0 Å². The number of aliphatic hydroxyl groups is 2. The van der Waals surface area contributed by atoms with Gasteiger partial charge in [0.15, 0.2) is 0 Å². The summed E-state index contributed by atoms with van der Waals surface area (Å²) in [6.07, 6.45) is 72.6. The minimum absolute atomic E-state index is 0.00275. The van der Waals surface area contributed by atoms with Gasteiger partial charge in [0.1, 0.15) is 0 Å². The van der Waals surface area contributed by atoms with Crippen molar-refractivity contribution in [2.24, 2.45) is 0 Å². The highest BCUT2D eigenvalue weighted by molar-refractivity contribution is 5.76. The summed E-state index contributed by atoms with van der Waals surface area (Å²) in [7, 11) is 0. The van der Waals surface area contributed by atoms with E-state index in [1.165, 1.54) is 205 Å². The molecular weight excluding hydrogens is 839 g/mol. The van der Waals surface area contributed by atoms with E-state index in [9.17, 15) is 19.8 Å². The third-order valence-electron chi connectivity index (χ3n) is 13.6. The first-order valence-corrected chi connectivity index (χ1v) is 29.9. The SMILES string of the molecule is CCCCC/C=C\C/C=C\CCCCCCCCCCCC(=O)OCCCCCCCCCCC/C=C\C/C=C\CCCCCCCCCC(=O)NC(CO)C(O)CCCCCCCCCCC. The molecule has 0 heterocycles. The molecule has 0 spiro atoms. The molecule has 6 nitrogen and oxygen atoms in total. The summed E-state index contributed by atoms with van der Waals surface area (Å²) in [5.41, 5.74) is 0. The largest absolute Gasteiger partial charge is 0.466 e. The Balaban J connectivity index is 3.41. The fourth-order valence-electron chi connectivity index (χ4n) is 8.99. The lowest BCUT2D eigenvalue weighted by Gasteiger charge is -2.22. The fourth-order valence-corrected chi connectivity index (χ4v) is 8.99. The van der Waals surface area contributed by atoms with Gasteiger partial charge in [0, 0.05) is 12.8 Å². The summed E-state index contributed by atoms with van der Waals surface area (Å²) in [4.78, 5) is 24.5. The Hall–Kier alpha value is -2.18. The van der Waals surface area contributed by atoms with Crippen LogP contribution in [-0.4, -0.2) is 47.4 Å². The van der Waals surface area contributed by atoms with Gasteiger partial charge in [-0.3, -0.25) is 9.59 Å². The number of allylic oxidation sites excluding steroid dienone is 8. The van der Waals surface area contributed by atoms with Crippen molar-refractivity contribution >= 4 is 11.9 Å². The Morgan fingerprint density at radius 2 is 0.735 bits per heavy atom. The molecule has 0 radical (unpaired) electrons. The van der Waals surface area contributed by atoms with Crippen LogP contribution >= 0.6 is 0 Å². The number of aliphatic hydroxyl groups excluding tert-OH is 2. The number of carbonyl (C=O) groups excluding carboxylic acids is 2. The van der Waals surface area contributed by atoms with E-state index in [0.717, 1.165) is 70.6 Å². The van der Waals surface area contributed by atoms with Crippen LogP contribution in [0.4, 0.5) is 0 Å². The molecular formula is C62H115NO5. The normalized spacial score (nSPS) is 12.9. The van der Waals surface area contributed by atoms with Crippen LogP contribution in [-0.2, 0) is 14.3 Å². The molecule has 0 fully saturated rings. The average molecular weight is 955 g/mol. The second kappa shape index (κ2) is 57.4. The van der Waals surface area contributed by atoms with Crippen LogP contribution in [0.25, 0.3) is 0 Å². The van der Waals surface area contributed by atoms with Gasteiger partial charge in [-0.15, -0.1) is 0 Å². The quantitative estimate of drug-likeness (QED) is 0.0321. The molecule has 0 bridgehead atoms. The van der Waals surface area contributed by atoms with Gasteiger partial charge in [-0.05, 0) is 89.9 Å². The molecule has 2 atom stereocenters. The van der Waals surface area contributed by atoms with E-state index in [1.54, 1.807) is 0 Å². The summed E-state index contributed by atoms with van der Waals surface area (Å²) in [6, 6.07) is -0.548. The monoisotopic (exact) mass is 954 g/mol. The fraction of sp³-hybridized carbons (Fsp3) is 0.839. The third kappa shape index (κ3) is 53.2. The van der Waals surface area contributed by atoms with Crippen molar-refractivity contribution in [2.45, 2.75) is 321 Å². The summed E-state index contributed by atoms with van der Waals surface area (Å²) in [5.74, 6) is -0.0456. The maximum absolute atomic E-state index is 12.4. The zero-order chi connectivity index (χ0) is 49.3. The van der Waals surface area contributed by atoms with Crippen LogP contribution < -0.4 is 5.32 Å². The highest BCUT2D eigenvalue weighted by Gasteiger charge is 2.20. The molecule has 398 valence electrons.